The molecule has 0 aliphatic rings. The van der Waals surface area contributed by atoms with Gasteiger partial charge in [-0.15, -0.1) is 0 Å². The van der Waals surface area contributed by atoms with Crippen molar-refractivity contribution in [1.29, 1.82) is 0 Å². The molecular formula is C19H22N2O4. The maximum atomic E-state index is 12.5. The third-order valence-corrected chi connectivity index (χ3v) is 3.68. The molecular weight excluding hydrogens is 320 g/mol. The number of rotatable bonds is 6. The Labute approximate surface area is 147 Å². The minimum Gasteiger partial charge on any atom is -0.497 e. The molecule has 0 saturated carbocycles. The van der Waals surface area contributed by atoms with Gasteiger partial charge < -0.3 is 19.7 Å². The van der Waals surface area contributed by atoms with Crippen LogP contribution < -0.4 is 14.8 Å². The monoisotopic (exact) mass is 342 g/mol. The van der Waals surface area contributed by atoms with Crippen molar-refractivity contribution in [3.8, 4) is 11.5 Å². The van der Waals surface area contributed by atoms with Gasteiger partial charge in [0.2, 0.25) is 5.91 Å². The number of ether oxygens (including phenoxy) is 2. The lowest BCUT2D eigenvalue weighted by Gasteiger charge is -2.15. The Kier molecular flexibility index (Phi) is 6.00. The lowest BCUT2D eigenvalue weighted by molar-refractivity contribution is -0.115. The van der Waals surface area contributed by atoms with Crippen LogP contribution in [-0.4, -0.2) is 45.0 Å². The average molecular weight is 342 g/mol. The van der Waals surface area contributed by atoms with E-state index in [0.717, 1.165) is 0 Å². The summed E-state index contributed by atoms with van der Waals surface area (Å²) in [6, 6.07) is 12.2. The maximum absolute atomic E-state index is 12.5. The van der Waals surface area contributed by atoms with Gasteiger partial charge in [0.05, 0.1) is 31.9 Å². The second-order valence-electron chi connectivity index (χ2n) is 5.65. The van der Waals surface area contributed by atoms with E-state index in [1.165, 1.54) is 4.90 Å². The zero-order valence-electron chi connectivity index (χ0n) is 14.8. The molecule has 25 heavy (non-hydrogen) atoms. The van der Waals surface area contributed by atoms with Gasteiger partial charge in [0, 0.05) is 19.7 Å². The number of hydrogen-bond acceptors (Lipinski definition) is 4. The van der Waals surface area contributed by atoms with E-state index in [9.17, 15) is 9.59 Å². The Morgan fingerprint density at radius 1 is 1.04 bits per heavy atom. The third kappa shape index (κ3) is 4.50. The highest BCUT2D eigenvalue weighted by Crippen LogP contribution is 2.25. The van der Waals surface area contributed by atoms with Crippen LogP contribution in [0.3, 0.4) is 0 Å². The van der Waals surface area contributed by atoms with Crippen LogP contribution in [0.15, 0.2) is 42.5 Å². The van der Waals surface area contributed by atoms with Crippen LogP contribution in [0.5, 0.6) is 11.5 Å². The molecule has 1 N–H and O–H groups in total. The highest BCUT2D eigenvalue weighted by molar-refractivity contribution is 6.04. The summed E-state index contributed by atoms with van der Waals surface area (Å²) in [6.07, 6.45) is 0.102. The standard InChI is InChI=1S/C19H22N2O4/c1-21(2)19(23)15-7-5-6-8-16(15)20-18(22)12-13-11-14(24-3)9-10-17(13)25-4/h5-11H,12H2,1-4H3,(H,20,22). The second-order valence-corrected chi connectivity index (χ2v) is 5.65. The van der Waals surface area contributed by atoms with Gasteiger partial charge in [-0.05, 0) is 30.3 Å². The molecule has 2 rings (SSSR count). The number of nitrogens with zero attached hydrogens (tertiary/aromatic N) is 1. The van der Waals surface area contributed by atoms with Gasteiger partial charge in [-0.2, -0.15) is 0 Å². The second kappa shape index (κ2) is 8.19. The zero-order valence-corrected chi connectivity index (χ0v) is 14.8. The number of benzene rings is 2. The fourth-order valence-corrected chi connectivity index (χ4v) is 2.41. The summed E-state index contributed by atoms with van der Waals surface area (Å²) in [5.74, 6) is 0.834. The van der Waals surface area contributed by atoms with Gasteiger partial charge in [0.1, 0.15) is 11.5 Å². The van der Waals surface area contributed by atoms with Crippen molar-refractivity contribution in [3.05, 3.63) is 53.6 Å². The Morgan fingerprint density at radius 2 is 1.76 bits per heavy atom. The van der Waals surface area contributed by atoms with Crippen LogP contribution in [0, 0.1) is 0 Å². The van der Waals surface area contributed by atoms with Gasteiger partial charge in [0.25, 0.3) is 5.91 Å². The Bertz CT molecular complexity index is 772. The van der Waals surface area contributed by atoms with Gasteiger partial charge in [-0.25, -0.2) is 0 Å². The van der Waals surface area contributed by atoms with E-state index in [1.54, 1.807) is 70.8 Å². The van der Waals surface area contributed by atoms with E-state index in [-0.39, 0.29) is 18.2 Å². The molecule has 2 aromatic rings. The first-order valence-electron chi connectivity index (χ1n) is 7.77. The molecule has 6 heteroatoms. The van der Waals surface area contributed by atoms with Crippen molar-refractivity contribution >= 4 is 17.5 Å². The maximum Gasteiger partial charge on any atom is 0.255 e. The minimum absolute atomic E-state index is 0.102. The van der Waals surface area contributed by atoms with Crippen LogP contribution in [0.1, 0.15) is 15.9 Å². The summed E-state index contributed by atoms with van der Waals surface area (Å²) in [4.78, 5) is 26.2. The van der Waals surface area contributed by atoms with Gasteiger partial charge in [0.15, 0.2) is 0 Å². The van der Waals surface area contributed by atoms with E-state index in [0.29, 0.717) is 28.3 Å². The number of nitrogens with one attached hydrogen (secondary N) is 1. The molecule has 2 aromatic carbocycles. The van der Waals surface area contributed by atoms with Gasteiger partial charge >= 0.3 is 0 Å². The van der Waals surface area contributed by atoms with E-state index in [2.05, 4.69) is 5.32 Å². The third-order valence-electron chi connectivity index (χ3n) is 3.68. The highest BCUT2D eigenvalue weighted by Gasteiger charge is 2.16. The van der Waals surface area contributed by atoms with E-state index >= 15 is 0 Å². The van der Waals surface area contributed by atoms with Crippen LogP contribution in [0.25, 0.3) is 0 Å². The number of anilines is 1. The Morgan fingerprint density at radius 3 is 2.40 bits per heavy atom. The number of carbonyl (C=O) groups is 2. The Hall–Kier alpha value is -3.02. The van der Waals surface area contributed by atoms with E-state index < -0.39 is 0 Å². The number of methoxy groups -OCH3 is 2. The topological polar surface area (TPSA) is 67.9 Å². The van der Waals surface area contributed by atoms with Crippen molar-refractivity contribution in [1.82, 2.24) is 4.90 Å². The first-order valence-corrected chi connectivity index (χ1v) is 7.77. The fourth-order valence-electron chi connectivity index (χ4n) is 2.41. The molecule has 0 atom stereocenters. The predicted octanol–water partition coefficient (Wildman–Crippen LogP) is 2.59. The summed E-state index contributed by atoms with van der Waals surface area (Å²) >= 11 is 0. The van der Waals surface area contributed by atoms with Gasteiger partial charge in [-0.1, -0.05) is 12.1 Å². The molecule has 132 valence electrons. The molecule has 0 radical (unpaired) electrons. The molecule has 6 nitrogen and oxygen atoms in total. The van der Waals surface area contributed by atoms with Crippen LogP contribution in [-0.2, 0) is 11.2 Å². The zero-order chi connectivity index (χ0) is 18.4. The summed E-state index contributed by atoms with van der Waals surface area (Å²) in [5.41, 5.74) is 1.63. The first kappa shape index (κ1) is 18.3. The molecule has 0 spiro atoms. The average Bonchev–Trinajstić information content (AvgIpc) is 2.61. The smallest absolute Gasteiger partial charge is 0.255 e. The van der Waals surface area contributed by atoms with Crippen molar-refractivity contribution in [2.45, 2.75) is 6.42 Å². The summed E-state index contributed by atoms with van der Waals surface area (Å²) < 4.78 is 10.5. The molecule has 0 fully saturated rings. The van der Waals surface area contributed by atoms with Crippen LogP contribution in [0.4, 0.5) is 5.69 Å². The Balaban J connectivity index is 2.20. The number of carbonyl (C=O) groups excluding carboxylic acids is 2. The molecule has 0 aromatic heterocycles. The SMILES string of the molecule is COc1ccc(OC)c(CC(=O)Nc2ccccc2C(=O)N(C)C)c1. The number of para-hydroxylation sites is 1. The summed E-state index contributed by atoms with van der Waals surface area (Å²) in [7, 11) is 6.45. The fraction of sp³-hybridized carbons (Fsp3) is 0.263. The predicted molar refractivity (Wildman–Crippen MR) is 96.3 cm³/mol. The van der Waals surface area contributed by atoms with Crippen molar-refractivity contribution in [2.24, 2.45) is 0 Å². The molecule has 0 unspecified atom stereocenters. The van der Waals surface area contributed by atoms with Crippen molar-refractivity contribution in [3.63, 3.8) is 0 Å². The molecule has 0 aliphatic carbocycles. The normalized spacial score (nSPS) is 10.1. The van der Waals surface area contributed by atoms with E-state index in [1.807, 2.05) is 0 Å². The minimum atomic E-state index is -0.245. The van der Waals surface area contributed by atoms with Crippen LogP contribution in [0.2, 0.25) is 0 Å². The molecule has 0 bridgehead atoms. The van der Waals surface area contributed by atoms with Crippen molar-refractivity contribution < 1.29 is 19.1 Å². The number of amides is 2. The molecule has 0 heterocycles. The lowest BCUT2D eigenvalue weighted by Crippen LogP contribution is -2.24. The molecule has 0 aliphatic heterocycles. The van der Waals surface area contributed by atoms with Crippen molar-refractivity contribution in [2.75, 3.05) is 33.6 Å². The largest absolute Gasteiger partial charge is 0.497 e. The first-order chi connectivity index (χ1) is 12.0. The molecule has 2 amide bonds. The highest BCUT2D eigenvalue weighted by atomic mass is 16.5. The van der Waals surface area contributed by atoms with E-state index in [4.69, 9.17) is 9.47 Å². The van der Waals surface area contributed by atoms with Gasteiger partial charge in [-0.3, -0.25) is 9.59 Å². The quantitative estimate of drug-likeness (QED) is 0.876. The summed E-state index contributed by atoms with van der Waals surface area (Å²) in [6.45, 7) is 0. The summed E-state index contributed by atoms with van der Waals surface area (Å²) in [5, 5.41) is 2.80. The molecule has 0 saturated heterocycles. The van der Waals surface area contributed by atoms with Crippen LogP contribution >= 0.6 is 0 Å². The number of hydrogen-bond donors (Lipinski definition) is 1. The lowest BCUT2D eigenvalue weighted by atomic mass is 10.1.